The Morgan fingerprint density at radius 3 is 1.32 bits per heavy atom. The highest BCUT2D eigenvalue weighted by Gasteiger charge is 2.33. The van der Waals surface area contributed by atoms with Crippen molar-refractivity contribution in [1.82, 2.24) is 0 Å². The Hall–Kier alpha value is -1.24. The number of rotatable bonds is 8. The molecule has 2 aromatic rings. The van der Waals surface area contributed by atoms with Crippen molar-refractivity contribution in [3.8, 4) is 0 Å². The molecule has 0 aliphatic heterocycles. The summed E-state index contributed by atoms with van der Waals surface area (Å²) in [5.74, 6) is -1.63. The van der Waals surface area contributed by atoms with Gasteiger partial charge in [0.2, 0.25) is 0 Å². The Bertz CT molecular complexity index is 900. The second kappa shape index (κ2) is 11.6. The van der Waals surface area contributed by atoms with E-state index in [4.69, 9.17) is 0 Å². The third-order valence-electron chi connectivity index (χ3n) is 3.54. The van der Waals surface area contributed by atoms with Crippen molar-refractivity contribution >= 4 is 65.1 Å². The van der Waals surface area contributed by atoms with Crippen LogP contribution < -0.4 is 0 Å². The lowest BCUT2D eigenvalue weighted by atomic mass is 10.2. The summed E-state index contributed by atoms with van der Waals surface area (Å²) in [4.78, 5) is 24.5. The zero-order chi connectivity index (χ0) is 23.1. The molecule has 2 rings (SSSR count). The topological polar surface area (TPSA) is 58.9 Å². The molecule has 0 heterocycles. The molecular weight excluding hydrogens is 588 g/mol. The Balaban J connectivity index is 2.06. The highest BCUT2D eigenvalue weighted by Crippen LogP contribution is 2.34. The van der Waals surface area contributed by atoms with Crippen LogP contribution in [0.3, 0.4) is 0 Å². The normalized spacial score (nSPS) is 14.4. The highest BCUT2D eigenvalue weighted by atomic mass is 79.9. The zero-order valence-electron chi connectivity index (χ0n) is 15.7. The summed E-state index contributed by atoms with van der Waals surface area (Å²) in [6.45, 7) is 0. The summed E-state index contributed by atoms with van der Waals surface area (Å²) in [7, 11) is -4.10. The maximum Gasteiger partial charge on any atom is 0.363 e. The van der Waals surface area contributed by atoms with Crippen LogP contribution >= 0.6 is 31.9 Å². The van der Waals surface area contributed by atoms with E-state index < -0.39 is 41.5 Å². The minimum Gasteiger partial charge on any atom is -0.272 e. The van der Waals surface area contributed by atoms with E-state index in [1.54, 1.807) is 36.4 Å². The van der Waals surface area contributed by atoms with Gasteiger partial charge in [-0.2, -0.15) is 26.3 Å². The third kappa shape index (κ3) is 8.66. The van der Waals surface area contributed by atoms with E-state index in [0.717, 1.165) is 0 Å². The minimum atomic E-state index is -3.42. The van der Waals surface area contributed by atoms with E-state index in [2.05, 4.69) is 40.6 Å². The van der Waals surface area contributed by atoms with Gasteiger partial charge < -0.3 is 0 Å². The first-order chi connectivity index (χ1) is 14.5. The number of hydrogen-bond donors (Lipinski definition) is 0. The second-order valence-electron chi connectivity index (χ2n) is 5.91. The van der Waals surface area contributed by atoms with Crippen LogP contribution in [0.2, 0.25) is 0 Å². The molecule has 31 heavy (non-hydrogen) atoms. The van der Waals surface area contributed by atoms with Crippen molar-refractivity contribution in [2.45, 2.75) is 37.4 Å². The van der Waals surface area contributed by atoms with E-state index in [0.29, 0.717) is 0 Å². The molecular formula is C19H16Br2F4N2O2S2. The summed E-state index contributed by atoms with van der Waals surface area (Å²) >= 11 is 4.52. The molecule has 0 saturated heterocycles. The van der Waals surface area contributed by atoms with Gasteiger partial charge in [0.25, 0.3) is 11.8 Å². The van der Waals surface area contributed by atoms with Crippen LogP contribution in [-0.4, -0.2) is 20.1 Å². The molecule has 2 atom stereocenters. The van der Waals surface area contributed by atoms with Gasteiger partial charge in [0.15, 0.2) is 0 Å². The van der Waals surface area contributed by atoms with Crippen molar-refractivity contribution in [2.24, 2.45) is 8.73 Å². The van der Waals surface area contributed by atoms with Crippen molar-refractivity contribution in [1.29, 1.82) is 0 Å². The van der Waals surface area contributed by atoms with Gasteiger partial charge >= 0.3 is 8.33 Å². The molecule has 12 heteroatoms. The van der Waals surface area contributed by atoms with E-state index in [1.807, 2.05) is 0 Å². The molecule has 0 spiro atoms. The highest BCUT2D eigenvalue weighted by molar-refractivity contribution is 9.11. The monoisotopic (exact) mass is 602 g/mol. The van der Waals surface area contributed by atoms with Crippen LogP contribution in [0, 0.1) is 0 Å². The number of alkyl halides is 6. The van der Waals surface area contributed by atoms with Crippen LogP contribution in [0.4, 0.5) is 17.6 Å². The van der Waals surface area contributed by atoms with Crippen LogP contribution in [-0.2, 0) is 31.0 Å². The smallest absolute Gasteiger partial charge is 0.272 e. The maximum atomic E-state index is 13.8. The Labute approximate surface area is 198 Å². The van der Waals surface area contributed by atoms with Gasteiger partial charge in [-0.3, -0.25) is 9.59 Å². The molecule has 0 aliphatic carbocycles. The van der Waals surface area contributed by atoms with Crippen LogP contribution in [0.5, 0.6) is 0 Å². The number of hydrogen-bond acceptors (Lipinski definition) is 2. The fourth-order valence-electron chi connectivity index (χ4n) is 2.26. The summed E-state index contributed by atoms with van der Waals surface area (Å²) in [6.07, 6.45) is -0.626. The molecule has 0 bridgehead atoms. The average Bonchev–Trinajstić information content (AvgIpc) is 2.70. The molecule has 4 nitrogen and oxygen atoms in total. The first kappa shape index (κ1) is 26.0. The predicted molar refractivity (Wildman–Crippen MR) is 121 cm³/mol. The first-order valence-corrected chi connectivity index (χ1v) is 12.6. The number of amides is 2. The lowest BCUT2D eigenvalue weighted by Gasteiger charge is -2.14. The van der Waals surface area contributed by atoms with E-state index in [-0.39, 0.29) is 29.1 Å². The molecule has 0 aromatic heterocycles. The minimum absolute atomic E-state index is 0.0512. The van der Waals surface area contributed by atoms with Gasteiger partial charge in [0.1, 0.15) is 0 Å². The van der Waals surface area contributed by atoms with Crippen LogP contribution in [0.15, 0.2) is 79.2 Å². The molecule has 168 valence electrons. The quantitative estimate of drug-likeness (QED) is 0.245. The van der Waals surface area contributed by atoms with Gasteiger partial charge in [-0.05, 0) is 30.7 Å². The van der Waals surface area contributed by atoms with E-state index >= 15 is 0 Å². The zero-order valence-corrected chi connectivity index (χ0v) is 20.5. The number of benzene rings is 2. The third-order valence-corrected chi connectivity index (χ3v) is 8.47. The van der Waals surface area contributed by atoms with Crippen LogP contribution in [0.1, 0.15) is 19.3 Å². The second-order valence-corrected chi connectivity index (χ2v) is 12.4. The van der Waals surface area contributed by atoms with Crippen LogP contribution in [0.25, 0.3) is 0 Å². The molecule has 2 amide bonds. The number of halogens is 6. The summed E-state index contributed by atoms with van der Waals surface area (Å²) in [6, 6.07) is 15.2. The van der Waals surface area contributed by atoms with Gasteiger partial charge in [0.05, 0.1) is 0 Å². The standard InChI is InChI=1S/C19H16Br2F4N2O2S2/c20-18(22,23)30(14-8-3-1-4-9-14)26-16(28)12-7-13-17(29)27-31(19(21,24)25)15-10-5-2-6-11-15/h1-6,8-11H,7,12-13H2. The SMILES string of the molecule is O=C(CCCC(=O)N=S(c1ccccc1)C(F)(F)Br)N=S(c1ccccc1)C(F)(F)Br. The summed E-state index contributed by atoms with van der Waals surface area (Å²) in [5.41, 5.74) is 0. The van der Waals surface area contributed by atoms with Gasteiger partial charge in [0, 0.05) is 75.9 Å². The summed E-state index contributed by atoms with van der Waals surface area (Å²) < 4.78 is 55.7. The fraction of sp³-hybridized carbons (Fsp3) is 0.263. The predicted octanol–water partition coefficient (Wildman–Crippen LogP) is 6.82. The fourth-order valence-corrected chi connectivity index (χ4v) is 6.19. The molecule has 2 aromatic carbocycles. The molecule has 2 unspecified atom stereocenters. The molecule has 0 fully saturated rings. The number of nitrogens with zero attached hydrogens (tertiary/aromatic N) is 2. The van der Waals surface area contributed by atoms with Crippen molar-refractivity contribution in [2.75, 3.05) is 0 Å². The van der Waals surface area contributed by atoms with Crippen molar-refractivity contribution in [3.05, 3.63) is 60.7 Å². The lowest BCUT2D eigenvalue weighted by molar-refractivity contribution is -0.118. The van der Waals surface area contributed by atoms with Crippen molar-refractivity contribution < 1.29 is 27.2 Å². The van der Waals surface area contributed by atoms with Gasteiger partial charge in [-0.1, -0.05) is 36.4 Å². The largest absolute Gasteiger partial charge is 0.363 e. The number of carbonyl (C=O) groups excluding carboxylic acids is 2. The van der Waals surface area contributed by atoms with Crippen molar-refractivity contribution in [3.63, 3.8) is 0 Å². The summed E-state index contributed by atoms with van der Waals surface area (Å²) in [5, 5.41) is 0. The average molecular weight is 604 g/mol. The molecule has 0 radical (unpaired) electrons. The molecule has 0 saturated carbocycles. The Kier molecular flexibility index (Phi) is 9.71. The van der Waals surface area contributed by atoms with Gasteiger partial charge in [-0.25, -0.2) is 0 Å². The van der Waals surface area contributed by atoms with E-state index in [1.165, 1.54) is 24.3 Å². The van der Waals surface area contributed by atoms with E-state index in [9.17, 15) is 27.2 Å². The Morgan fingerprint density at radius 2 is 1.03 bits per heavy atom. The molecule has 0 N–H and O–H groups in total. The lowest BCUT2D eigenvalue weighted by Crippen LogP contribution is -2.16. The number of carbonyl (C=O) groups is 2. The maximum absolute atomic E-state index is 13.8. The Morgan fingerprint density at radius 1 is 0.710 bits per heavy atom. The van der Waals surface area contributed by atoms with Gasteiger partial charge in [-0.15, -0.1) is 0 Å². The molecule has 0 aliphatic rings. The first-order valence-electron chi connectivity index (χ1n) is 8.70.